The highest BCUT2D eigenvalue weighted by atomic mass is 35.5. The van der Waals surface area contributed by atoms with Gasteiger partial charge in [0.25, 0.3) is 5.91 Å². The van der Waals surface area contributed by atoms with Gasteiger partial charge in [-0.1, -0.05) is 0 Å². The van der Waals surface area contributed by atoms with Gasteiger partial charge in [0, 0.05) is 45.0 Å². The highest BCUT2D eigenvalue weighted by Crippen LogP contribution is 2.13. The van der Waals surface area contributed by atoms with Crippen molar-refractivity contribution >= 4 is 18.3 Å². The number of carbonyl (C=O) groups excluding carboxylic acids is 1. The molecule has 3 rings (SSSR count). The van der Waals surface area contributed by atoms with Crippen molar-refractivity contribution in [2.24, 2.45) is 0 Å². The lowest BCUT2D eigenvalue weighted by Gasteiger charge is -2.37. The molecule has 0 spiro atoms. The Kier molecular flexibility index (Phi) is 4.85. The molecule has 1 aromatic rings. The van der Waals surface area contributed by atoms with Crippen LogP contribution in [-0.4, -0.2) is 66.0 Å². The largest absolute Gasteiger partial charge is 0.357 e. The van der Waals surface area contributed by atoms with E-state index < -0.39 is 0 Å². The summed E-state index contributed by atoms with van der Waals surface area (Å²) in [6.07, 6.45) is 3.04. The fourth-order valence-electron chi connectivity index (χ4n) is 2.87. The second-order valence-corrected chi connectivity index (χ2v) is 5.06. The lowest BCUT2D eigenvalue weighted by Crippen LogP contribution is -2.52. The van der Waals surface area contributed by atoms with Gasteiger partial charge in [-0.2, -0.15) is 0 Å². The van der Waals surface area contributed by atoms with E-state index in [0.717, 1.165) is 39.3 Å². The summed E-state index contributed by atoms with van der Waals surface area (Å²) in [5.74, 6) is 0.129. The number of hydrogen-bond acceptors (Lipinski definition) is 3. The summed E-state index contributed by atoms with van der Waals surface area (Å²) >= 11 is 0. The van der Waals surface area contributed by atoms with Gasteiger partial charge in [0.05, 0.1) is 0 Å². The van der Waals surface area contributed by atoms with Crippen molar-refractivity contribution in [2.75, 3.05) is 39.3 Å². The summed E-state index contributed by atoms with van der Waals surface area (Å²) in [5.41, 5.74) is 0.700. The van der Waals surface area contributed by atoms with Gasteiger partial charge in [0.2, 0.25) is 0 Å². The van der Waals surface area contributed by atoms with E-state index in [9.17, 15) is 4.79 Å². The van der Waals surface area contributed by atoms with E-state index in [1.54, 1.807) is 6.20 Å². The van der Waals surface area contributed by atoms with Gasteiger partial charge >= 0.3 is 0 Å². The number of piperazine rings is 1. The van der Waals surface area contributed by atoms with Crippen molar-refractivity contribution in [3.05, 3.63) is 24.0 Å². The van der Waals surface area contributed by atoms with E-state index >= 15 is 0 Å². The number of rotatable bonds is 2. The Morgan fingerprint density at radius 2 is 2.05 bits per heavy atom. The van der Waals surface area contributed by atoms with Crippen molar-refractivity contribution in [1.82, 2.24) is 20.1 Å². The summed E-state index contributed by atoms with van der Waals surface area (Å²) in [6, 6.07) is 4.39. The summed E-state index contributed by atoms with van der Waals surface area (Å²) in [7, 11) is 0. The van der Waals surface area contributed by atoms with Gasteiger partial charge in [-0.3, -0.25) is 9.69 Å². The number of nitrogens with zero attached hydrogens (tertiary/aromatic N) is 2. The second kappa shape index (κ2) is 6.41. The Bertz CT molecular complexity index is 395. The van der Waals surface area contributed by atoms with E-state index in [2.05, 4.69) is 15.2 Å². The fourth-order valence-corrected chi connectivity index (χ4v) is 2.87. The third-order valence-corrected chi connectivity index (χ3v) is 3.98. The Morgan fingerprint density at radius 1 is 1.26 bits per heavy atom. The standard InChI is InChI=1S/C13H20N4O.ClH/c18-13(12-2-1-4-15-12)17-8-6-16(7-9-17)11-3-5-14-10-11;/h1-2,4,11,14-15H,3,5-10H2;1H. The lowest BCUT2D eigenvalue weighted by atomic mass is 10.2. The summed E-state index contributed by atoms with van der Waals surface area (Å²) in [5, 5.41) is 3.40. The molecule has 1 aromatic heterocycles. The first-order chi connectivity index (χ1) is 8.84. The smallest absolute Gasteiger partial charge is 0.270 e. The summed E-state index contributed by atoms with van der Waals surface area (Å²) < 4.78 is 0. The first kappa shape index (κ1) is 14.4. The zero-order chi connectivity index (χ0) is 12.4. The van der Waals surface area contributed by atoms with Crippen LogP contribution in [0.15, 0.2) is 18.3 Å². The third kappa shape index (κ3) is 3.11. The summed E-state index contributed by atoms with van der Waals surface area (Å²) in [4.78, 5) is 19.6. The van der Waals surface area contributed by atoms with Crippen LogP contribution in [0.5, 0.6) is 0 Å². The van der Waals surface area contributed by atoms with Gasteiger partial charge in [0.1, 0.15) is 5.69 Å². The SMILES string of the molecule is Cl.O=C(c1ccc[nH]1)N1CCN(C2CCNC2)CC1. The number of nitrogens with one attached hydrogen (secondary N) is 2. The maximum atomic E-state index is 12.2. The zero-order valence-electron chi connectivity index (χ0n) is 11.0. The van der Waals surface area contributed by atoms with Crippen LogP contribution < -0.4 is 5.32 Å². The first-order valence-corrected chi connectivity index (χ1v) is 6.72. The molecule has 2 aliphatic rings. The minimum atomic E-state index is 0. The molecular formula is C13H21ClN4O. The first-order valence-electron chi connectivity index (χ1n) is 6.72. The minimum absolute atomic E-state index is 0. The molecule has 2 N–H and O–H groups in total. The molecule has 3 heterocycles. The van der Waals surface area contributed by atoms with Crippen molar-refractivity contribution < 1.29 is 4.79 Å². The number of aromatic nitrogens is 1. The highest BCUT2D eigenvalue weighted by molar-refractivity contribution is 5.92. The van der Waals surface area contributed by atoms with Gasteiger partial charge in [-0.25, -0.2) is 0 Å². The van der Waals surface area contributed by atoms with Crippen molar-refractivity contribution in [3.8, 4) is 0 Å². The molecule has 1 amide bonds. The third-order valence-electron chi connectivity index (χ3n) is 3.98. The predicted octanol–water partition coefficient (Wildman–Crippen LogP) is 0.556. The molecule has 1 atom stereocenters. The van der Waals surface area contributed by atoms with Crippen LogP contribution in [-0.2, 0) is 0 Å². The van der Waals surface area contributed by atoms with E-state index in [1.165, 1.54) is 6.42 Å². The molecular weight excluding hydrogens is 264 g/mol. The van der Waals surface area contributed by atoms with Crippen LogP contribution in [0.25, 0.3) is 0 Å². The average molecular weight is 285 g/mol. The van der Waals surface area contributed by atoms with E-state index in [4.69, 9.17) is 0 Å². The normalized spacial score (nSPS) is 24.2. The second-order valence-electron chi connectivity index (χ2n) is 5.06. The Morgan fingerprint density at radius 3 is 2.63 bits per heavy atom. The summed E-state index contributed by atoms with van der Waals surface area (Å²) in [6.45, 7) is 5.91. The average Bonchev–Trinajstić information content (AvgIpc) is 3.11. The molecule has 0 aliphatic carbocycles. The van der Waals surface area contributed by atoms with Crippen molar-refractivity contribution in [1.29, 1.82) is 0 Å². The maximum absolute atomic E-state index is 12.2. The molecule has 5 nitrogen and oxygen atoms in total. The number of amides is 1. The molecule has 0 bridgehead atoms. The molecule has 0 radical (unpaired) electrons. The molecule has 6 heteroatoms. The topological polar surface area (TPSA) is 51.4 Å². The quantitative estimate of drug-likeness (QED) is 0.834. The van der Waals surface area contributed by atoms with E-state index in [0.29, 0.717) is 11.7 Å². The molecule has 0 saturated carbocycles. The fraction of sp³-hybridized carbons (Fsp3) is 0.615. The van der Waals surface area contributed by atoms with Gasteiger partial charge in [0.15, 0.2) is 0 Å². The Hall–Kier alpha value is -1.04. The van der Waals surface area contributed by atoms with Gasteiger partial charge in [-0.15, -0.1) is 12.4 Å². The van der Waals surface area contributed by atoms with Crippen LogP contribution in [0, 0.1) is 0 Å². The Labute approximate surface area is 119 Å². The number of carbonyl (C=O) groups is 1. The highest BCUT2D eigenvalue weighted by Gasteiger charge is 2.28. The van der Waals surface area contributed by atoms with Crippen molar-refractivity contribution in [2.45, 2.75) is 12.5 Å². The molecule has 2 fully saturated rings. The number of halogens is 1. The van der Waals surface area contributed by atoms with Crippen LogP contribution in [0.1, 0.15) is 16.9 Å². The predicted molar refractivity (Wildman–Crippen MR) is 76.8 cm³/mol. The lowest BCUT2D eigenvalue weighted by molar-refractivity contribution is 0.0579. The Balaban J connectivity index is 0.00000133. The molecule has 1 unspecified atom stereocenters. The van der Waals surface area contributed by atoms with Crippen LogP contribution in [0.2, 0.25) is 0 Å². The molecule has 19 heavy (non-hydrogen) atoms. The van der Waals surface area contributed by atoms with Gasteiger partial charge in [-0.05, 0) is 25.1 Å². The number of aromatic amines is 1. The molecule has 2 aliphatic heterocycles. The molecule has 2 saturated heterocycles. The zero-order valence-corrected chi connectivity index (χ0v) is 11.8. The van der Waals surface area contributed by atoms with E-state index in [1.807, 2.05) is 17.0 Å². The van der Waals surface area contributed by atoms with Crippen LogP contribution in [0.4, 0.5) is 0 Å². The van der Waals surface area contributed by atoms with Crippen molar-refractivity contribution in [3.63, 3.8) is 0 Å². The van der Waals surface area contributed by atoms with E-state index in [-0.39, 0.29) is 18.3 Å². The maximum Gasteiger partial charge on any atom is 0.270 e. The van der Waals surface area contributed by atoms with Gasteiger partial charge < -0.3 is 15.2 Å². The van der Waals surface area contributed by atoms with Crippen LogP contribution >= 0.6 is 12.4 Å². The van der Waals surface area contributed by atoms with Crippen LogP contribution in [0.3, 0.4) is 0 Å². The minimum Gasteiger partial charge on any atom is -0.357 e. The number of H-pyrrole nitrogens is 1. The molecule has 106 valence electrons. The number of hydrogen-bond donors (Lipinski definition) is 2. The monoisotopic (exact) mass is 284 g/mol. The molecule has 0 aromatic carbocycles.